The van der Waals surface area contributed by atoms with Gasteiger partial charge in [0.15, 0.2) is 0 Å². The van der Waals surface area contributed by atoms with Crippen LogP contribution in [0.3, 0.4) is 0 Å². The lowest BCUT2D eigenvalue weighted by molar-refractivity contribution is 0.333. The predicted octanol–water partition coefficient (Wildman–Crippen LogP) is 5.56. The molecule has 0 aliphatic carbocycles. The number of ether oxygens (including phenoxy) is 1. The van der Waals surface area contributed by atoms with E-state index in [0.29, 0.717) is 24.3 Å². The van der Waals surface area contributed by atoms with Crippen molar-refractivity contribution in [1.82, 2.24) is 0 Å². The van der Waals surface area contributed by atoms with Crippen LogP contribution in [0.15, 0.2) is 42.5 Å². The molecule has 108 valence electrons. The molecule has 0 aromatic heterocycles. The maximum Gasteiger partial charge on any atom is 0.130 e. The van der Waals surface area contributed by atoms with Crippen LogP contribution in [0.4, 0.5) is 4.39 Å². The fourth-order valence-corrected chi connectivity index (χ4v) is 1.58. The van der Waals surface area contributed by atoms with Crippen LogP contribution in [0, 0.1) is 5.82 Å². The third-order valence-electron chi connectivity index (χ3n) is 2.34. The Morgan fingerprint density at radius 1 is 1.42 bits per heavy atom. The second kappa shape index (κ2) is 10.4. The van der Waals surface area contributed by atoms with Crippen LogP contribution < -0.4 is 4.74 Å². The second-order valence-electron chi connectivity index (χ2n) is 3.94. The van der Waals surface area contributed by atoms with Crippen molar-refractivity contribution in [1.29, 1.82) is 0 Å². The van der Waals surface area contributed by atoms with Crippen LogP contribution in [0.25, 0.3) is 0 Å². The van der Waals surface area contributed by atoms with Gasteiger partial charge < -0.3 is 4.74 Å². The fraction of sp³-hybridized carbons (Fsp3) is 0.412. The van der Waals surface area contributed by atoms with E-state index in [-0.39, 0.29) is 7.24 Å². The van der Waals surface area contributed by atoms with Crippen LogP contribution in [0.1, 0.15) is 41.1 Å². The highest BCUT2D eigenvalue weighted by atomic mass is 19.1. The van der Waals surface area contributed by atoms with Gasteiger partial charge in [-0.1, -0.05) is 44.2 Å². The van der Waals surface area contributed by atoms with Crippen molar-refractivity contribution in [3.8, 4) is 5.75 Å². The van der Waals surface area contributed by atoms with Crippen molar-refractivity contribution < 1.29 is 10.6 Å². The monoisotopic (exact) mass is 266 g/mol. The number of hydrogen-bond donors (Lipinski definition) is 0. The number of halogens is 1. The molecule has 1 aromatic carbocycles. The molecular formula is C17H27FO. The average molecular weight is 266 g/mol. The van der Waals surface area contributed by atoms with Gasteiger partial charge in [0.1, 0.15) is 11.6 Å². The van der Waals surface area contributed by atoms with Gasteiger partial charge in [-0.25, -0.2) is 4.39 Å². The summed E-state index contributed by atoms with van der Waals surface area (Å²) < 4.78 is 19.1. The second-order valence-corrected chi connectivity index (χ2v) is 3.94. The van der Waals surface area contributed by atoms with Crippen molar-refractivity contribution in [3.05, 3.63) is 53.9 Å². The van der Waals surface area contributed by atoms with E-state index in [1.165, 1.54) is 6.07 Å². The molecule has 0 saturated heterocycles. The third-order valence-corrected chi connectivity index (χ3v) is 2.34. The minimum atomic E-state index is -0.195. The number of hydrogen-bond acceptors (Lipinski definition) is 1. The van der Waals surface area contributed by atoms with Gasteiger partial charge >= 0.3 is 0 Å². The smallest absolute Gasteiger partial charge is 0.130 e. The molecule has 0 N–H and O–H groups in total. The molecule has 2 heteroatoms. The molecule has 0 unspecified atom stereocenters. The summed E-state index contributed by atoms with van der Waals surface area (Å²) in [5.74, 6) is 0.455. The van der Waals surface area contributed by atoms with Gasteiger partial charge in [0.25, 0.3) is 0 Å². The van der Waals surface area contributed by atoms with Gasteiger partial charge in [-0.05, 0) is 38.8 Å². The first-order valence-corrected chi connectivity index (χ1v) is 6.87. The van der Waals surface area contributed by atoms with Crippen molar-refractivity contribution in [2.45, 2.75) is 40.5 Å². The number of rotatable bonds is 6. The van der Waals surface area contributed by atoms with E-state index >= 15 is 0 Å². The van der Waals surface area contributed by atoms with Crippen LogP contribution in [0.5, 0.6) is 5.75 Å². The van der Waals surface area contributed by atoms with E-state index in [0.717, 1.165) is 12.0 Å². The first kappa shape index (κ1) is 17.4. The Bertz CT molecular complexity index is 413. The van der Waals surface area contributed by atoms with E-state index in [4.69, 9.17) is 4.74 Å². The van der Waals surface area contributed by atoms with Gasteiger partial charge in [-0.15, -0.1) is 0 Å². The standard InChI is InChI=1S/C15H19FO.C2H6.H2/c1-4-17-15-11-7-10-14(16)13(15)9-6-5-8-12(2)3;1-2;/h5,7-8,10-11H,2,4,6,9H2,1,3H3;1-2H3;1H/b8-5-;;. The van der Waals surface area contributed by atoms with Crippen LogP contribution in [-0.2, 0) is 6.42 Å². The Balaban J connectivity index is 0. The van der Waals surface area contributed by atoms with Gasteiger partial charge in [0.2, 0.25) is 0 Å². The molecule has 0 fully saturated rings. The first-order valence-electron chi connectivity index (χ1n) is 6.87. The Morgan fingerprint density at radius 2 is 2.11 bits per heavy atom. The van der Waals surface area contributed by atoms with E-state index in [1.54, 1.807) is 6.07 Å². The Labute approximate surface area is 118 Å². The summed E-state index contributed by atoms with van der Waals surface area (Å²) in [5.41, 5.74) is 1.66. The highest BCUT2D eigenvalue weighted by Gasteiger charge is 2.07. The summed E-state index contributed by atoms with van der Waals surface area (Å²) in [7, 11) is 0. The van der Waals surface area contributed by atoms with Crippen molar-refractivity contribution in [3.63, 3.8) is 0 Å². The van der Waals surface area contributed by atoms with Crippen LogP contribution >= 0.6 is 0 Å². The van der Waals surface area contributed by atoms with Crippen LogP contribution in [0.2, 0.25) is 0 Å². The van der Waals surface area contributed by atoms with Crippen molar-refractivity contribution in [2.24, 2.45) is 0 Å². The largest absolute Gasteiger partial charge is 0.493 e. The van der Waals surface area contributed by atoms with Gasteiger partial charge in [-0.2, -0.15) is 0 Å². The molecule has 0 spiro atoms. The Hall–Kier alpha value is -1.57. The topological polar surface area (TPSA) is 9.23 Å². The molecule has 1 nitrogen and oxygen atoms in total. The highest BCUT2D eigenvalue weighted by molar-refractivity contribution is 5.35. The summed E-state index contributed by atoms with van der Waals surface area (Å²) in [6, 6.07) is 4.96. The van der Waals surface area contributed by atoms with Crippen molar-refractivity contribution in [2.75, 3.05) is 6.61 Å². The zero-order valence-corrected chi connectivity index (χ0v) is 12.5. The summed E-state index contributed by atoms with van der Waals surface area (Å²) in [6.07, 6.45) is 5.38. The molecule has 19 heavy (non-hydrogen) atoms. The van der Waals surface area contributed by atoms with E-state index in [1.807, 2.05) is 45.9 Å². The van der Waals surface area contributed by atoms with E-state index in [2.05, 4.69) is 6.58 Å². The van der Waals surface area contributed by atoms with Gasteiger partial charge in [0, 0.05) is 6.99 Å². The molecule has 0 aliphatic rings. The maximum atomic E-state index is 13.6. The molecule has 0 atom stereocenters. The van der Waals surface area contributed by atoms with Crippen LogP contribution in [-0.4, -0.2) is 6.61 Å². The summed E-state index contributed by atoms with van der Waals surface area (Å²) in [5, 5.41) is 0. The van der Waals surface area contributed by atoms with Gasteiger partial charge in [-0.3, -0.25) is 0 Å². The highest BCUT2D eigenvalue weighted by Crippen LogP contribution is 2.23. The molecule has 0 aliphatic heterocycles. The summed E-state index contributed by atoms with van der Waals surface area (Å²) >= 11 is 0. The lowest BCUT2D eigenvalue weighted by Gasteiger charge is -2.09. The minimum absolute atomic E-state index is 0. The predicted molar refractivity (Wildman–Crippen MR) is 83.3 cm³/mol. The number of allylic oxidation sites excluding steroid dienone is 3. The molecule has 0 heterocycles. The first-order chi connectivity index (χ1) is 9.15. The summed E-state index contributed by atoms with van der Waals surface area (Å²) in [4.78, 5) is 0. The quantitative estimate of drug-likeness (QED) is 0.612. The lowest BCUT2D eigenvalue weighted by atomic mass is 10.1. The lowest BCUT2D eigenvalue weighted by Crippen LogP contribution is -1.99. The molecule has 0 radical (unpaired) electrons. The van der Waals surface area contributed by atoms with Gasteiger partial charge in [0.05, 0.1) is 6.61 Å². The maximum absolute atomic E-state index is 13.6. The zero-order chi connectivity index (χ0) is 14.7. The Morgan fingerprint density at radius 3 is 2.68 bits per heavy atom. The van der Waals surface area contributed by atoms with Crippen molar-refractivity contribution >= 4 is 0 Å². The Kier molecular flexibility index (Phi) is 9.51. The fourth-order valence-electron chi connectivity index (χ4n) is 1.58. The SMILES string of the molecule is C=C(C)/C=C\CCc1c(F)cccc1OCC.CC.[HH]. The molecule has 0 bridgehead atoms. The zero-order valence-electron chi connectivity index (χ0n) is 12.5. The normalized spacial score (nSPS) is 9.95. The third kappa shape index (κ3) is 6.80. The molecular weight excluding hydrogens is 239 g/mol. The van der Waals surface area contributed by atoms with E-state index in [9.17, 15) is 4.39 Å². The molecule has 1 aromatic rings. The summed E-state index contributed by atoms with van der Waals surface area (Å²) in [6.45, 7) is 12.2. The number of benzene rings is 1. The van der Waals surface area contributed by atoms with E-state index < -0.39 is 0 Å². The average Bonchev–Trinajstić information content (AvgIpc) is 2.39. The molecule has 1 rings (SSSR count). The molecule has 0 saturated carbocycles. The molecule has 0 amide bonds. The minimum Gasteiger partial charge on any atom is -0.493 e.